The molecular weight excluding hydrogens is 202 g/mol. The molecule has 0 heterocycles. The average Bonchev–Trinajstić information content (AvgIpc) is 2.67. The summed E-state index contributed by atoms with van der Waals surface area (Å²) in [7, 11) is 4.05. The highest BCUT2D eigenvalue weighted by Crippen LogP contribution is 2.17. The molecule has 4 heteroatoms. The number of carbonyl (C=O) groups excluding carboxylic acids is 1. The molecule has 1 aliphatic rings. The topological polar surface area (TPSA) is 44.4 Å². The van der Waals surface area contributed by atoms with Gasteiger partial charge in [-0.3, -0.25) is 0 Å². The summed E-state index contributed by atoms with van der Waals surface area (Å²) in [5, 5.41) is 5.96. The van der Waals surface area contributed by atoms with Crippen LogP contribution in [0.3, 0.4) is 0 Å². The zero-order valence-corrected chi connectivity index (χ0v) is 11.0. The van der Waals surface area contributed by atoms with Crippen LogP contribution in [0, 0.1) is 0 Å². The Morgan fingerprint density at radius 1 is 1.31 bits per heavy atom. The molecule has 0 saturated heterocycles. The molecule has 0 atom stereocenters. The van der Waals surface area contributed by atoms with Crippen molar-refractivity contribution in [3.63, 3.8) is 0 Å². The first-order valence-electron chi connectivity index (χ1n) is 6.13. The van der Waals surface area contributed by atoms with Gasteiger partial charge in [-0.05, 0) is 40.8 Å². The second-order valence-electron chi connectivity index (χ2n) is 5.52. The molecule has 0 bridgehead atoms. The highest BCUT2D eigenvalue weighted by molar-refractivity contribution is 5.74. The Balaban J connectivity index is 2.24. The number of rotatable bonds is 4. The van der Waals surface area contributed by atoms with Crippen LogP contribution in [0.4, 0.5) is 4.79 Å². The van der Waals surface area contributed by atoms with Gasteiger partial charge in [-0.15, -0.1) is 0 Å². The van der Waals surface area contributed by atoms with E-state index in [-0.39, 0.29) is 11.6 Å². The lowest BCUT2D eigenvalue weighted by Gasteiger charge is -2.32. The maximum absolute atomic E-state index is 11.6. The second kappa shape index (κ2) is 5.53. The fraction of sp³-hybridized carbons (Fsp3) is 0.917. The highest BCUT2D eigenvalue weighted by atomic mass is 16.2. The van der Waals surface area contributed by atoms with Crippen molar-refractivity contribution in [2.75, 3.05) is 20.6 Å². The van der Waals surface area contributed by atoms with Gasteiger partial charge in [0.25, 0.3) is 0 Å². The van der Waals surface area contributed by atoms with Crippen molar-refractivity contribution in [3.05, 3.63) is 0 Å². The minimum absolute atomic E-state index is 0.00693. The number of likely N-dealkylation sites (N-methyl/N-ethyl adjacent to an activating group) is 1. The molecule has 0 spiro atoms. The van der Waals surface area contributed by atoms with Crippen molar-refractivity contribution in [2.24, 2.45) is 0 Å². The monoisotopic (exact) mass is 227 g/mol. The predicted octanol–water partition coefficient (Wildman–Crippen LogP) is 1.57. The molecule has 1 aliphatic carbocycles. The molecular formula is C12H25N3O. The fourth-order valence-electron chi connectivity index (χ4n) is 1.76. The lowest BCUT2D eigenvalue weighted by Crippen LogP contribution is -2.51. The van der Waals surface area contributed by atoms with Crippen molar-refractivity contribution >= 4 is 6.03 Å². The molecule has 0 unspecified atom stereocenters. The molecule has 94 valence electrons. The van der Waals surface area contributed by atoms with Crippen LogP contribution in [0.15, 0.2) is 0 Å². The van der Waals surface area contributed by atoms with Gasteiger partial charge in [0.05, 0.1) is 0 Å². The Labute approximate surface area is 98.8 Å². The summed E-state index contributed by atoms with van der Waals surface area (Å²) < 4.78 is 0. The molecule has 0 aliphatic heterocycles. The van der Waals surface area contributed by atoms with Crippen molar-refractivity contribution < 1.29 is 4.79 Å². The predicted molar refractivity (Wildman–Crippen MR) is 66.6 cm³/mol. The maximum atomic E-state index is 11.6. The minimum Gasteiger partial charge on any atom is -0.336 e. The summed E-state index contributed by atoms with van der Waals surface area (Å²) in [6, 6.07) is 0.365. The summed E-state index contributed by atoms with van der Waals surface area (Å²) in [6.07, 6.45) is 4.75. The summed E-state index contributed by atoms with van der Waals surface area (Å²) in [4.78, 5) is 13.7. The van der Waals surface area contributed by atoms with Gasteiger partial charge in [0, 0.05) is 18.1 Å². The first kappa shape index (κ1) is 13.3. The third kappa shape index (κ3) is 4.00. The van der Waals surface area contributed by atoms with Crippen molar-refractivity contribution in [3.8, 4) is 0 Å². The maximum Gasteiger partial charge on any atom is 0.315 e. The van der Waals surface area contributed by atoms with E-state index in [0.29, 0.717) is 12.6 Å². The van der Waals surface area contributed by atoms with Crippen LogP contribution in [-0.4, -0.2) is 43.2 Å². The summed E-state index contributed by atoms with van der Waals surface area (Å²) in [5.74, 6) is 0. The molecule has 1 rings (SSSR count). The SMILES string of the molecule is CN(C)C(C)(C)CNC(=O)NC1CCCC1. The van der Waals surface area contributed by atoms with Crippen molar-refractivity contribution in [2.45, 2.75) is 51.1 Å². The normalized spacial score (nSPS) is 17.8. The lowest BCUT2D eigenvalue weighted by atomic mass is 10.0. The van der Waals surface area contributed by atoms with Gasteiger partial charge < -0.3 is 15.5 Å². The second-order valence-corrected chi connectivity index (χ2v) is 5.52. The number of urea groups is 1. The van der Waals surface area contributed by atoms with Crippen LogP contribution in [-0.2, 0) is 0 Å². The van der Waals surface area contributed by atoms with Crippen LogP contribution < -0.4 is 10.6 Å². The third-order valence-corrected chi connectivity index (χ3v) is 3.58. The van der Waals surface area contributed by atoms with E-state index in [2.05, 4.69) is 29.4 Å². The van der Waals surface area contributed by atoms with E-state index >= 15 is 0 Å². The van der Waals surface area contributed by atoms with Crippen molar-refractivity contribution in [1.29, 1.82) is 0 Å². The fourth-order valence-corrected chi connectivity index (χ4v) is 1.76. The van der Waals surface area contributed by atoms with Gasteiger partial charge in [0.15, 0.2) is 0 Å². The number of nitrogens with zero attached hydrogens (tertiary/aromatic N) is 1. The van der Waals surface area contributed by atoms with Gasteiger partial charge >= 0.3 is 6.03 Å². The largest absolute Gasteiger partial charge is 0.336 e. The van der Waals surface area contributed by atoms with Crippen LogP contribution in [0.5, 0.6) is 0 Å². The van der Waals surface area contributed by atoms with E-state index < -0.39 is 0 Å². The quantitative estimate of drug-likeness (QED) is 0.765. The summed E-state index contributed by atoms with van der Waals surface area (Å²) >= 11 is 0. The van der Waals surface area contributed by atoms with Crippen LogP contribution in [0.1, 0.15) is 39.5 Å². The van der Waals surface area contributed by atoms with Crippen LogP contribution in [0.2, 0.25) is 0 Å². The van der Waals surface area contributed by atoms with Gasteiger partial charge in [-0.25, -0.2) is 4.79 Å². The molecule has 1 fully saturated rings. The van der Waals surface area contributed by atoms with Crippen LogP contribution >= 0.6 is 0 Å². The van der Waals surface area contributed by atoms with E-state index in [1.807, 2.05) is 14.1 Å². The average molecular weight is 227 g/mol. The zero-order chi connectivity index (χ0) is 12.2. The molecule has 2 N–H and O–H groups in total. The standard InChI is InChI=1S/C12H25N3O/c1-12(2,15(3)4)9-13-11(16)14-10-7-5-6-8-10/h10H,5-9H2,1-4H3,(H2,13,14,16). The molecule has 0 aromatic rings. The van der Waals surface area contributed by atoms with Gasteiger partial charge in [-0.2, -0.15) is 0 Å². The molecule has 2 amide bonds. The number of amides is 2. The van der Waals surface area contributed by atoms with E-state index in [1.54, 1.807) is 0 Å². The Morgan fingerprint density at radius 3 is 2.38 bits per heavy atom. The van der Waals surface area contributed by atoms with E-state index in [0.717, 1.165) is 12.8 Å². The van der Waals surface area contributed by atoms with E-state index in [1.165, 1.54) is 12.8 Å². The Bertz CT molecular complexity index is 232. The lowest BCUT2D eigenvalue weighted by molar-refractivity contribution is 0.185. The summed E-state index contributed by atoms with van der Waals surface area (Å²) in [6.45, 7) is 4.89. The van der Waals surface area contributed by atoms with Gasteiger partial charge in [0.1, 0.15) is 0 Å². The summed E-state index contributed by atoms with van der Waals surface area (Å²) in [5.41, 5.74) is -0.00693. The molecule has 16 heavy (non-hydrogen) atoms. The smallest absolute Gasteiger partial charge is 0.315 e. The minimum atomic E-state index is -0.0261. The Morgan fingerprint density at radius 2 is 1.88 bits per heavy atom. The number of hydrogen-bond donors (Lipinski definition) is 2. The molecule has 4 nitrogen and oxygen atoms in total. The highest BCUT2D eigenvalue weighted by Gasteiger charge is 2.22. The molecule has 0 aromatic heterocycles. The molecule has 1 saturated carbocycles. The van der Waals surface area contributed by atoms with E-state index in [9.17, 15) is 4.79 Å². The first-order chi connectivity index (χ1) is 7.42. The first-order valence-corrected chi connectivity index (χ1v) is 6.13. The third-order valence-electron chi connectivity index (χ3n) is 3.58. The molecule has 0 radical (unpaired) electrons. The zero-order valence-electron chi connectivity index (χ0n) is 11.0. The Kier molecular flexibility index (Phi) is 4.59. The van der Waals surface area contributed by atoms with E-state index in [4.69, 9.17) is 0 Å². The van der Waals surface area contributed by atoms with Gasteiger partial charge in [-0.1, -0.05) is 12.8 Å². The molecule has 0 aromatic carbocycles. The van der Waals surface area contributed by atoms with Crippen molar-refractivity contribution in [1.82, 2.24) is 15.5 Å². The number of nitrogens with one attached hydrogen (secondary N) is 2. The number of hydrogen-bond acceptors (Lipinski definition) is 2. The number of carbonyl (C=O) groups is 1. The van der Waals surface area contributed by atoms with Crippen LogP contribution in [0.25, 0.3) is 0 Å². The Hall–Kier alpha value is -0.770. The van der Waals surface area contributed by atoms with Gasteiger partial charge in [0.2, 0.25) is 0 Å².